The van der Waals surface area contributed by atoms with Gasteiger partial charge in [-0.25, -0.2) is 0 Å². The number of amides is 1. The lowest BCUT2D eigenvalue weighted by Crippen LogP contribution is -2.35. The monoisotopic (exact) mass is 475 g/mol. The van der Waals surface area contributed by atoms with Crippen molar-refractivity contribution in [3.8, 4) is 0 Å². The SMILES string of the molecule is O=C(c1ccc(Cl)cc1)N1CCC(CCCS(=O)(=O)O)(c2ccc(Cl)c(Cl)c2)C1. The average molecular weight is 477 g/mol. The summed E-state index contributed by atoms with van der Waals surface area (Å²) < 4.78 is 31.4. The van der Waals surface area contributed by atoms with Crippen LogP contribution >= 0.6 is 34.8 Å². The highest BCUT2D eigenvalue weighted by Crippen LogP contribution is 2.41. The van der Waals surface area contributed by atoms with E-state index in [0.29, 0.717) is 46.6 Å². The maximum absolute atomic E-state index is 12.9. The summed E-state index contributed by atoms with van der Waals surface area (Å²) in [5.74, 6) is -0.445. The Morgan fingerprint density at radius 2 is 1.76 bits per heavy atom. The molecule has 1 saturated heterocycles. The van der Waals surface area contributed by atoms with Crippen molar-refractivity contribution >= 4 is 50.8 Å². The van der Waals surface area contributed by atoms with Gasteiger partial charge in [0, 0.05) is 29.1 Å². The van der Waals surface area contributed by atoms with Gasteiger partial charge in [-0.2, -0.15) is 8.42 Å². The largest absolute Gasteiger partial charge is 0.338 e. The summed E-state index contributed by atoms with van der Waals surface area (Å²) in [6, 6.07) is 12.0. The van der Waals surface area contributed by atoms with E-state index in [-0.39, 0.29) is 18.1 Å². The first kappa shape index (κ1) is 22.4. The van der Waals surface area contributed by atoms with Crippen molar-refractivity contribution in [3.63, 3.8) is 0 Å². The smallest absolute Gasteiger partial charge is 0.264 e. The molecule has 1 unspecified atom stereocenters. The molecule has 156 valence electrons. The second-order valence-electron chi connectivity index (χ2n) is 7.28. The first-order chi connectivity index (χ1) is 13.6. The predicted molar refractivity (Wildman–Crippen MR) is 116 cm³/mol. The van der Waals surface area contributed by atoms with Gasteiger partial charge in [0.2, 0.25) is 0 Å². The predicted octanol–water partition coefficient (Wildman–Crippen LogP) is 5.10. The van der Waals surface area contributed by atoms with Crippen LogP contribution in [0.25, 0.3) is 0 Å². The summed E-state index contributed by atoms with van der Waals surface area (Å²) in [5.41, 5.74) is 0.965. The number of hydrogen-bond donors (Lipinski definition) is 1. The Kier molecular flexibility index (Phi) is 6.81. The molecule has 1 N–H and O–H groups in total. The fraction of sp³-hybridized carbons (Fsp3) is 0.350. The highest BCUT2D eigenvalue weighted by atomic mass is 35.5. The summed E-state index contributed by atoms with van der Waals surface area (Å²) in [6.45, 7) is 0.936. The van der Waals surface area contributed by atoms with Gasteiger partial charge in [-0.05, 0) is 61.2 Å². The summed E-state index contributed by atoms with van der Waals surface area (Å²) in [6.07, 6.45) is 1.40. The molecule has 0 saturated carbocycles. The van der Waals surface area contributed by atoms with Crippen LogP contribution < -0.4 is 0 Å². The molecule has 2 aromatic rings. The number of hydrogen-bond acceptors (Lipinski definition) is 3. The Balaban J connectivity index is 1.86. The molecule has 1 fully saturated rings. The third kappa shape index (κ3) is 5.44. The van der Waals surface area contributed by atoms with Crippen molar-refractivity contribution in [1.82, 2.24) is 4.90 Å². The molecule has 1 heterocycles. The third-order valence-corrected chi connectivity index (χ3v) is 7.12. The number of halogens is 3. The number of carbonyl (C=O) groups excluding carboxylic acids is 1. The van der Waals surface area contributed by atoms with E-state index in [4.69, 9.17) is 39.4 Å². The summed E-state index contributed by atoms with van der Waals surface area (Å²) in [7, 11) is -4.06. The minimum absolute atomic E-state index is 0.113. The molecular weight excluding hydrogens is 457 g/mol. The summed E-state index contributed by atoms with van der Waals surface area (Å²) in [5, 5.41) is 1.38. The normalized spacial score (nSPS) is 19.5. The van der Waals surface area contributed by atoms with Crippen molar-refractivity contribution in [3.05, 3.63) is 68.7 Å². The molecule has 0 aromatic heterocycles. The number of carbonyl (C=O) groups is 1. The first-order valence-electron chi connectivity index (χ1n) is 9.05. The van der Waals surface area contributed by atoms with Gasteiger partial charge in [0.1, 0.15) is 0 Å². The molecule has 0 radical (unpaired) electrons. The molecule has 3 rings (SSSR count). The van der Waals surface area contributed by atoms with Gasteiger partial charge in [-0.3, -0.25) is 9.35 Å². The topological polar surface area (TPSA) is 74.7 Å². The van der Waals surface area contributed by atoms with Crippen molar-refractivity contribution in [2.24, 2.45) is 0 Å². The average Bonchev–Trinajstić information content (AvgIpc) is 3.08. The van der Waals surface area contributed by atoms with Gasteiger partial charge in [-0.15, -0.1) is 0 Å². The van der Waals surface area contributed by atoms with E-state index in [1.54, 1.807) is 41.3 Å². The zero-order chi connectivity index (χ0) is 21.2. The second-order valence-corrected chi connectivity index (χ2v) is 10.1. The standard InChI is InChI=1S/C20H20Cl3NO4S/c21-16-5-2-14(3-6-16)19(25)24-10-9-20(13-24,8-1-11-29(26,27)28)15-4-7-17(22)18(23)12-15/h2-7,12H,1,8-11,13H2,(H,26,27,28). The molecule has 1 aliphatic rings. The molecule has 5 nitrogen and oxygen atoms in total. The highest BCUT2D eigenvalue weighted by Gasteiger charge is 2.41. The van der Waals surface area contributed by atoms with E-state index in [1.165, 1.54) is 0 Å². The van der Waals surface area contributed by atoms with Crippen LogP contribution in [-0.4, -0.2) is 42.6 Å². The Bertz CT molecular complexity index is 1010. The van der Waals surface area contributed by atoms with Crippen molar-refractivity contribution in [2.75, 3.05) is 18.8 Å². The van der Waals surface area contributed by atoms with E-state index >= 15 is 0 Å². The van der Waals surface area contributed by atoms with Crippen molar-refractivity contribution in [1.29, 1.82) is 0 Å². The van der Waals surface area contributed by atoms with Crippen LogP contribution in [0, 0.1) is 0 Å². The molecule has 29 heavy (non-hydrogen) atoms. The summed E-state index contributed by atoms with van der Waals surface area (Å²) in [4.78, 5) is 14.7. The zero-order valence-corrected chi connectivity index (χ0v) is 18.5. The summed E-state index contributed by atoms with van der Waals surface area (Å²) >= 11 is 18.2. The number of likely N-dealkylation sites (tertiary alicyclic amines) is 1. The van der Waals surface area contributed by atoms with Crippen LogP contribution in [0.3, 0.4) is 0 Å². The van der Waals surface area contributed by atoms with Gasteiger partial charge in [-0.1, -0.05) is 40.9 Å². The number of benzene rings is 2. The Morgan fingerprint density at radius 3 is 2.38 bits per heavy atom. The van der Waals surface area contributed by atoms with Crippen LogP contribution in [0.4, 0.5) is 0 Å². The number of nitrogens with zero attached hydrogens (tertiary/aromatic N) is 1. The minimum Gasteiger partial charge on any atom is -0.338 e. The Labute approximate surface area is 185 Å². The Morgan fingerprint density at radius 1 is 1.07 bits per heavy atom. The molecular formula is C20H20Cl3NO4S. The molecule has 1 amide bonds. The van der Waals surface area contributed by atoms with E-state index in [0.717, 1.165) is 5.56 Å². The van der Waals surface area contributed by atoms with Crippen LogP contribution in [0.2, 0.25) is 15.1 Å². The second kappa shape index (κ2) is 8.82. The van der Waals surface area contributed by atoms with Gasteiger partial charge in [0.05, 0.1) is 15.8 Å². The van der Waals surface area contributed by atoms with Crippen molar-refractivity contribution in [2.45, 2.75) is 24.7 Å². The van der Waals surface area contributed by atoms with Crippen molar-refractivity contribution < 1.29 is 17.8 Å². The minimum atomic E-state index is -4.06. The van der Waals surface area contributed by atoms with Gasteiger partial charge >= 0.3 is 0 Å². The quantitative estimate of drug-likeness (QED) is 0.589. The molecule has 9 heteroatoms. The van der Waals surface area contributed by atoms with E-state index in [1.807, 2.05) is 6.07 Å². The lowest BCUT2D eigenvalue weighted by Gasteiger charge is -2.30. The first-order valence-corrected chi connectivity index (χ1v) is 11.8. The maximum atomic E-state index is 12.9. The fourth-order valence-electron chi connectivity index (χ4n) is 3.82. The molecule has 1 aliphatic heterocycles. The Hall–Kier alpha value is -1.31. The zero-order valence-electron chi connectivity index (χ0n) is 15.4. The lowest BCUT2D eigenvalue weighted by atomic mass is 9.76. The van der Waals surface area contributed by atoms with E-state index in [9.17, 15) is 13.2 Å². The lowest BCUT2D eigenvalue weighted by molar-refractivity contribution is 0.0782. The molecule has 1 atom stereocenters. The third-order valence-electron chi connectivity index (χ3n) is 5.32. The van der Waals surface area contributed by atoms with Crippen LogP contribution in [-0.2, 0) is 15.5 Å². The van der Waals surface area contributed by atoms with Crippen LogP contribution in [0.5, 0.6) is 0 Å². The molecule has 2 aromatic carbocycles. The maximum Gasteiger partial charge on any atom is 0.264 e. The van der Waals surface area contributed by atoms with E-state index < -0.39 is 15.5 Å². The molecule has 0 bridgehead atoms. The van der Waals surface area contributed by atoms with Gasteiger partial charge in [0.25, 0.3) is 16.0 Å². The van der Waals surface area contributed by atoms with Gasteiger partial charge < -0.3 is 4.90 Å². The van der Waals surface area contributed by atoms with Gasteiger partial charge in [0.15, 0.2) is 0 Å². The highest BCUT2D eigenvalue weighted by molar-refractivity contribution is 7.85. The fourth-order valence-corrected chi connectivity index (χ4v) is 4.76. The molecule has 0 spiro atoms. The van der Waals surface area contributed by atoms with E-state index in [2.05, 4.69) is 0 Å². The van der Waals surface area contributed by atoms with Crippen LogP contribution in [0.1, 0.15) is 35.2 Å². The molecule has 0 aliphatic carbocycles. The number of rotatable bonds is 6. The van der Waals surface area contributed by atoms with Crippen LogP contribution in [0.15, 0.2) is 42.5 Å².